The number of benzene rings is 2. The molecule has 9 heteroatoms. The third kappa shape index (κ3) is 4.93. The number of halogens is 1. The van der Waals surface area contributed by atoms with Crippen LogP contribution in [-0.2, 0) is 14.6 Å². The Morgan fingerprint density at radius 2 is 1.81 bits per heavy atom. The van der Waals surface area contributed by atoms with Crippen molar-refractivity contribution in [3.63, 3.8) is 0 Å². The molecular weight excluding hydrogens is 438 g/mol. The van der Waals surface area contributed by atoms with E-state index in [2.05, 4.69) is 15.2 Å². The van der Waals surface area contributed by atoms with Crippen molar-refractivity contribution >= 4 is 27.3 Å². The molecule has 0 radical (unpaired) electrons. The maximum absolute atomic E-state index is 13.3. The highest BCUT2D eigenvalue weighted by atomic mass is 35.5. The summed E-state index contributed by atoms with van der Waals surface area (Å²) in [5, 5.41) is 3.41. The molecule has 3 aromatic rings. The molecule has 1 aliphatic heterocycles. The molecule has 1 fully saturated rings. The molecule has 1 saturated heterocycles. The van der Waals surface area contributed by atoms with E-state index in [1.165, 1.54) is 0 Å². The first-order chi connectivity index (χ1) is 14.9. The SMILES string of the molecule is Cc1ccc(S(=O)(=O)c2nc(-c3ccccc3Cl)oc2NCCN2CCOCC2)cc1. The van der Waals surface area contributed by atoms with Gasteiger partial charge in [-0.3, -0.25) is 4.90 Å². The average Bonchev–Trinajstić information content (AvgIpc) is 3.20. The standard InChI is InChI=1S/C22H24ClN3O4S/c1-16-6-8-17(9-7-16)31(27,28)22-21(24-10-11-26-12-14-29-15-13-26)30-20(25-22)18-4-2-3-5-19(18)23/h2-9,24H,10-15H2,1H3. The fraction of sp³-hybridized carbons (Fsp3) is 0.318. The number of nitrogens with one attached hydrogen (secondary N) is 1. The van der Waals surface area contributed by atoms with Crippen LogP contribution in [0.1, 0.15) is 5.56 Å². The van der Waals surface area contributed by atoms with E-state index >= 15 is 0 Å². The first kappa shape index (κ1) is 21.8. The smallest absolute Gasteiger partial charge is 0.233 e. The highest BCUT2D eigenvalue weighted by Crippen LogP contribution is 2.34. The normalized spacial score (nSPS) is 15.2. The second-order valence-electron chi connectivity index (χ2n) is 7.33. The number of hydrogen-bond donors (Lipinski definition) is 1. The van der Waals surface area contributed by atoms with E-state index in [0.717, 1.165) is 25.2 Å². The Bertz CT molecular complexity index is 1140. The van der Waals surface area contributed by atoms with Crippen LogP contribution in [0, 0.1) is 6.92 Å². The maximum Gasteiger partial charge on any atom is 0.233 e. The lowest BCUT2D eigenvalue weighted by atomic mass is 10.2. The van der Waals surface area contributed by atoms with Gasteiger partial charge in [0.2, 0.25) is 26.6 Å². The molecule has 2 aromatic carbocycles. The van der Waals surface area contributed by atoms with Gasteiger partial charge in [-0.25, -0.2) is 8.42 Å². The summed E-state index contributed by atoms with van der Waals surface area (Å²) in [4.78, 5) is 6.75. The summed E-state index contributed by atoms with van der Waals surface area (Å²) < 4.78 is 37.9. The van der Waals surface area contributed by atoms with E-state index in [0.29, 0.717) is 30.3 Å². The summed E-state index contributed by atoms with van der Waals surface area (Å²) >= 11 is 6.29. The van der Waals surface area contributed by atoms with Gasteiger partial charge in [0.1, 0.15) is 0 Å². The maximum atomic E-state index is 13.3. The summed E-state index contributed by atoms with van der Waals surface area (Å²) in [6, 6.07) is 13.7. The van der Waals surface area contributed by atoms with Crippen molar-refractivity contribution in [2.45, 2.75) is 16.8 Å². The Kier molecular flexibility index (Phi) is 6.62. The van der Waals surface area contributed by atoms with Gasteiger partial charge in [0, 0.05) is 26.2 Å². The van der Waals surface area contributed by atoms with Crippen molar-refractivity contribution < 1.29 is 17.6 Å². The summed E-state index contributed by atoms with van der Waals surface area (Å²) in [5.41, 5.74) is 1.51. The number of rotatable bonds is 7. The molecule has 0 aliphatic carbocycles. The Hall–Kier alpha value is -2.39. The van der Waals surface area contributed by atoms with E-state index in [1.807, 2.05) is 6.92 Å². The van der Waals surface area contributed by atoms with Crippen LogP contribution in [0.25, 0.3) is 11.5 Å². The van der Waals surface area contributed by atoms with Crippen molar-refractivity contribution in [3.8, 4) is 11.5 Å². The Morgan fingerprint density at radius 3 is 2.52 bits per heavy atom. The van der Waals surface area contributed by atoms with Crippen molar-refractivity contribution in [3.05, 3.63) is 59.1 Å². The van der Waals surface area contributed by atoms with E-state index in [9.17, 15) is 8.42 Å². The van der Waals surface area contributed by atoms with Crippen LogP contribution in [0.15, 0.2) is 62.9 Å². The lowest BCUT2D eigenvalue weighted by molar-refractivity contribution is 0.0398. The number of nitrogens with zero attached hydrogens (tertiary/aromatic N) is 2. The zero-order valence-corrected chi connectivity index (χ0v) is 18.7. The zero-order valence-electron chi connectivity index (χ0n) is 17.2. The number of ether oxygens (including phenoxy) is 1. The lowest BCUT2D eigenvalue weighted by Gasteiger charge is -2.26. The quantitative estimate of drug-likeness (QED) is 0.571. The largest absolute Gasteiger partial charge is 0.419 e. The van der Waals surface area contributed by atoms with Crippen molar-refractivity contribution in [1.29, 1.82) is 0 Å². The van der Waals surface area contributed by atoms with Crippen LogP contribution in [0.5, 0.6) is 0 Å². The van der Waals surface area contributed by atoms with Crippen LogP contribution in [0.2, 0.25) is 5.02 Å². The lowest BCUT2D eigenvalue weighted by Crippen LogP contribution is -2.39. The van der Waals surface area contributed by atoms with Gasteiger partial charge in [0.25, 0.3) is 0 Å². The van der Waals surface area contributed by atoms with Crippen LogP contribution < -0.4 is 5.32 Å². The van der Waals surface area contributed by atoms with Crippen molar-refractivity contribution in [2.24, 2.45) is 0 Å². The zero-order chi connectivity index (χ0) is 21.8. The molecular formula is C22H24ClN3O4S. The van der Waals surface area contributed by atoms with E-state index < -0.39 is 9.84 Å². The fourth-order valence-corrected chi connectivity index (χ4v) is 4.83. The van der Waals surface area contributed by atoms with Gasteiger partial charge in [-0.05, 0) is 31.2 Å². The molecule has 0 bridgehead atoms. The first-order valence-electron chi connectivity index (χ1n) is 10.1. The molecule has 0 unspecified atom stereocenters. The molecule has 0 spiro atoms. The van der Waals surface area contributed by atoms with Crippen LogP contribution in [0.3, 0.4) is 0 Å². The number of aryl methyl sites for hydroxylation is 1. The summed E-state index contributed by atoms with van der Waals surface area (Å²) in [5.74, 6) is 0.272. The third-order valence-corrected chi connectivity index (χ3v) is 7.11. The average molecular weight is 462 g/mol. The number of hydrogen-bond acceptors (Lipinski definition) is 7. The topological polar surface area (TPSA) is 84.7 Å². The Labute approximate surface area is 186 Å². The van der Waals surface area contributed by atoms with Gasteiger partial charge in [0.15, 0.2) is 0 Å². The molecule has 164 valence electrons. The molecule has 7 nitrogen and oxygen atoms in total. The molecule has 1 N–H and O–H groups in total. The Morgan fingerprint density at radius 1 is 1.10 bits per heavy atom. The number of oxazole rings is 1. The van der Waals surface area contributed by atoms with Gasteiger partial charge < -0.3 is 14.5 Å². The van der Waals surface area contributed by atoms with E-state index in [4.69, 9.17) is 20.8 Å². The van der Waals surface area contributed by atoms with Gasteiger partial charge in [-0.15, -0.1) is 0 Å². The van der Waals surface area contributed by atoms with Crippen LogP contribution in [-0.4, -0.2) is 57.7 Å². The van der Waals surface area contributed by atoms with Crippen LogP contribution >= 0.6 is 11.6 Å². The van der Waals surface area contributed by atoms with Crippen molar-refractivity contribution in [2.75, 3.05) is 44.7 Å². The second-order valence-corrected chi connectivity index (χ2v) is 9.60. The summed E-state index contributed by atoms with van der Waals surface area (Å²) in [6.07, 6.45) is 0. The van der Waals surface area contributed by atoms with Gasteiger partial charge in [-0.2, -0.15) is 4.98 Å². The van der Waals surface area contributed by atoms with Gasteiger partial charge in [0.05, 0.1) is 28.7 Å². The minimum absolute atomic E-state index is 0.115. The highest BCUT2D eigenvalue weighted by Gasteiger charge is 2.29. The molecule has 1 aliphatic rings. The Balaban J connectivity index is 1.66. The molecule has 31 heavy (non-hydrogen) atoms. The minimum Gasteiger partial charge on any atom is -0.419 e. The molecule has 1 aromatic heterocycles. The number of morpholine rings is 1. The number of anilines is 1. The number of sulfone groups is 1. The molecule has 4 rings (SSSR count). The van der Waals surface area contributed by atoms with E-state index in [-0.39, 0.29) is 21.7 Å². The summed E-state index contributed by atoms with van der Waals surface area (Å²) in [7, 11) is -3.89. The fourth-order valence-electron chi connectivity index (χ4n) is 3.33. The van der Waals surface area contributed by atoms with Gasteiger partial charge in [-0.1, -0.05) is 41.4 Å². The number of aromatic nitrogens is 1. The molecule has 2 heterocycles. The monoisotopic (exact) mass is 461 g/mol. The molecule has 0 amide bonds. The highest BCUT2D eigenvalue weighted by molar-refractivity contribution is 7.91. The predicted octanol–water partition coefficient (Wildman–Crippen LogP) is 3.88. The molecule has 0 atom stereocenters. The van der Waals surface area contributed by atoms with Crippen molar-refractivity contribution in [1.82, 2.24) is 9.88 Å². The van der Waals surface area contributed by atoms with Crippen LogP contribution in [0.4, 0.5) is 5.88 Å². The predicted molar refractivity (Wildman–Crippen MR) is 119 cm³/mol. The van der Waals surface area contributed by atoms with Gasteiger partial charge >= 0.3 is 0 Å². The summed E-state index contributed by atoms with van der Waals surface area (Å²) in [6.45, 7) is 6.23. The minimum atomic E-state index is -3.89. The third-order valence-electron chi connectivity index (χ3n) is 5.10. The second kappa shape index (κ2) is 9.40. The van der Waals surface area contributed by atoms with E-state index in [1.54, 1.807) is 48.5 Å². The molecule has 0 saturated carbocycles. The first-order valence-corrected chi connectivity index (χ1v) is 11.9.